The lowest BCUT2D eigenvalue weighted by atomic mass is 10.2. The Bertz CT molecular complexity index is 614. The van der Waals surface area contributed by atoms with Gasteiger partial charge in [0.15, 0.2) is 0 Å². The summed E-state index contributed by atoms with van der Waals surface area (Å²) >= 11 is 1.67. The molecule has 0 N–H and O–H groups in total. The molecule has 2 fully saturated rings. The molecule has 128 valence electrons. The maximum atomic E-state index is 12.6. The molecule has 1 saturated heterocycles. The summed E-state index contributed by atoms with van der Waals surface area (Å²) in [6.07, 6.45) is 4.91. The minimum absolute atomic E-state index is 0.135. The van der Waals surface area contributed by atoms with E-state index < -0.39 is 10.0 Å². The van der Waals surface area contributed by atoms with Crippen molar-refractivity contribution in [1.82, 2.24) is 9.21 Å². The Labute approximate surface area is 142 Å². The SMILES string of the molecule is O=C(CCc1cccs1)N1CCN(S(=O)(=O)C2CCCC2)CC1. The standard InChI is InChI=1S/C16H24N2O3S2/c19-16(8-7-14-4-3-13-22-14)17-9-11-18(12-10-17)23(20,21)15-5-1-2-6-15/h3-4,13,15H,1-2,5-12H2. The summed E-state index contributed by atoms with van der Waals surface area (Å²) in [4.78, 5) is 15.3. The number of piperazine rings is 1. The van der Waals surface area contributed by atoms with Crippen molar-refractivity contribution < 1.29 is 13.2 Å². The Balaban J connectivity index is 1.48. The first-order valence-corrected chi connectivity index (χ1v) is 10.7. The van der Waals surface area contributed by atoms with E-state index in [2.05, 4.69) is 0 Å². The van der Waals surface area contributed by atoms with E-state index in [1.165, 1.54) is 4.88 Å². The van der Waals surface area contributed by atoms with E-state index in [1.807, 2.05) is 22.4 Å². The summed E-state index contributed by atoms with van der Waals surface area (Å²) in [5.41, 5.74) is 0. The number of thiophene rings is 1. The summed E-state index contributed by atoms with van der Waals surface area (Å²) in [6, 6.07) is 4.04. The van der Waals surface area contributed by atoms with E-state index >= 15 is 0 Å². The van der Waals surface area contributed by atoms with Gasteiger partial charge in [-0.3, -0.25) is 4.79 Å². The van der Waals surface area contributed by atoms with E-state index in [4.69, 9.17) is 0 Å². The number of carbonyl (C=O) groups is 1. The molecule has 2 heterocycles. The van der Waals surface area contributed by atoms with Gasteiger partial charge < -0.3 is 4.90 Å². The normalized spacial score (nSPS) is 21.0. The lowest BCUT2D eigenvalue weighted by Crippen LogP contribution is -2.52. The molecular formula is C16H24N2O3S2. The van der Waals surface area contributed by atoms with Gasteiger partial charge in [0, 0.05) is 37.5 Å². The Morgan fingerprint density at radius 2 is 1.87 bits per heavy atom. The molecular weight excluding hydrogens is 332 g/mol. The zero-order valence-electron chi connectivity index (χ0n) is 13.3. The van der Waals surface area contributed by atoms with Crippen LogP contribution in [0.5, 0.6) is 0 Å². The number of sulfonamides is 1. The summed E-state index contributed by atoms with van der Waals surface area (Å²) in [7, 11) is -3.16. The number of carbonyl (C=O) groups excluding carboxylic acids is 1. The minimum Gasteiger partial charge on any atom is -0.340 e. The van der Waals surface area contributed by atoms with Crippen LogP contribution in [0.3, 0.4) is 0 Å². The van der Waals surface area contributed by atoms with Crippen LogP contribution in [0.25, 0.3) is 0 Å². The molecule has 1 aliphatic heterocycles. The molecule has 0 radical (unpaired) electrons. The van der Waals surface area contributed by atoms with E-state index in [-0.39, 0.29) is 11.2 Å². The molecule has 0 bridgehead atoms. The van der Waals surface area contributed by atoms with Crippen molar-refractivity contribution in [1.29, 1.82) is 0 Å². The second kappa shape index (κ2) is 7.32. The summed E-state index contributed by atoms with van der Waals surface area (Å²) < 4.78 is 26.7. The molecule has 0 atom stereocenters. The second-order valence-corrected chi connectivity index (χ2v) is 9.56. The maximum Gasteiger partial charge on any atom is 0.223 e. The number of aryl methyl sites for hydroxylation is 1. The molecule has 1 aliphatic carbocycles. The molecule has 1 aromatic heterocycles. The third kappa shape index (κ3) is 3.95. The fourth-order valence-electron chi connectivity index (χ4n) is 3.43. The van der Waals surface area contributed by atoms with E-state index in [1.54, 1.807) is 15.6 Å². The fraction of sp³-hybridized carbons (Fsp3) is 0.688. The highest BCUT2D eigenvalue weighted by molar-refractivity contribution is 7.89. The Morgan fingerprint density at radius 1 is 1.17 bits per heavy atom. The third-order valence-corrected chi connectivity index (χ3v) is 8.18. The number of rotatable bonds is 5. The van der Waals surface area contributed by atoms with Crippen molar-refractivity contribution in [2.24, 2.45) is 0 Å². The molecule has 0 unspecified atom stereocenters. The Kier molecular flexibility index (Phi) is 5.38. The lowest BCUT2D eigenvalue weighted by Gasteiger charge is -2.35. The van der Waals surface area contributed by atoms with Crippen molar-refractivity contribution in [3.05, 3.63) is 22.4 Å². The molecule has 7 heteroatoms. The van der Waals surface area contributed by atoms with Crippen molar-refractivity contribution >= 4 is 27.3 Å². The predicted molar refractivity (Wildman–Crippen MR) is 92.0 cm³/mol. The second-order valence-electron chi connectivity index (χ2n) is 6.31. The molecule has 3 rings (SSSR count). The van der Waals surface area contributed by atoms with Crippen LogP contribution in [0.4, 0.5) is 0 Å². The predicted octanol–water partition coefficient (Wildman–Crippen LogP) is 2.10. The monoisotopic (exact) mass is 356 g/mol. The third-order valence-electron chi connectivity index (χ3n) is 4.84. The maximum absolute atomic E-state index is 12.6. The molecule has 0 spiro atoms. The summed E-state index contributed by atoms with van der Waals surface area (Å²) in [5, 5.41) is 1.83. The highest BCUT2D eigenvalue weighted by Gasteiger charge is 2.36. The average Bonchev–Trinajstić information content (AvgIpc) is 3.26. The van der Waals surface area contributed by atoms with Gasteiger partial charge in [-0.15, -0.1) is 11.3 Å². The average molecular weight is 357 g/mol. The summed E-state index contributed by atoms with van der Waals surface area (Å²) in [5.74, 6) is 0.135. The van der Waals surface area contributed by atoms with Crippen LogP contribution >= 0.6 is 11.3 Å². The van der Waals surface area contributed by atoms with Gasteiger partial charge in [0.05, 0.1) is 5.25 Å². The molecule has 1 amide bonds. The van der Waals surface area contributed by atoms with Crippen LogP contribution in [0.1, 0.15) is 37.0 Å². The van der Waals surface area contributed by atoms with Gasteiger partial charge in [0.2, 0.25) is 15.9 Å². The first-order chi connectivity index (χ1) is 11.1. The highest BCUT2D eigenvalue weighted by Crippen LogP contribution is 2.27. The lowest BCUT2D eigenvalue weighted by molar-refractivity contribution is -0.132. The van der Waals surface area contributed by atoms with E-state index in [9.17, 15) is 13.2 Å². The van der Waals surface area contributed by atoms with Crippen LogP contribution in [0.2, 0.25) is 0 Å². The smallest absolute Gasteiger partial charge is 0.223 e. The molecule has 23 heavy (non-hydrogen) atoms. The van der Waals surface area contributed by atoms with Crippen LogP contribution in [-0.2, 0) is 21.2 Å². The zero-order chi connectivity index (χ0) is 16.3. The molecule has 1 aromatic rings. The first kappa shape index (κ1) is 16.9. The van der Waals surface area contributed by atoms with Gasteiger partial charge in [-0.25, -0.2) is 8.42 Å². The van der Waals surface area contributed by atoms with Gasteiger partial charge >= 0.3 is 0 Å². The summed E-state index contributed by atoms with van der Waals surface area (Å²) in [6.45, 7) is 1.94. The molecule has 1 saturated carbocycles. The van der Waals surface area contributed by atoms with Gasteiger partial charge in [-0.05, 0) is 30.7 Å². The molecule has 0 aromatic carbocycles. The van der Waals surface area contributed by atoms with Crippen molar-refractivity contribution in [2.75, 3.05) is 26.2 Å². The van der Waals surface area contributed by atoms with Crippen LogP contribution in [-0.4, -0.2) is 55.0 Å². The van der Waals surface area contributed by atoms with Crippen LogP contribution in [0.15, 0.2) is 17.5 Å². The highest BCUT2D eigenvalue weighted by atomic mass is 32.2. The number of nitrogens with zero attached hydrogens (tertiary/aromatic N) is 2. The van der Waals surface area contributed by atoms with Crippen molar-refractivity contribution in [3.8, 4) is 0 Å². The Morgan fingerprint density at radius 3 is 2.48 bits per heavy atom. The number of hydrogen-bond acceptors (Lipinski definition) is 4. The van der Waals surface area contributed by atoms with Gasteiger partial charge in [0.25, 0.3) is 0 Å². The first-order valence-electron chi connectivity index (χ1n) is 8.36. The Hall–Kier alpha value is -0.920. The quantitative estimate of drug-likeness (QED) is 0.812. The fourth-order valence-corrected chi connectivity index (χ4v) is 6.16. The van der Waals surface area contributed by atoms with Gasteiger partial charge in [-0.2, -0.15) is 4.31 Å². The molecule has 2 aliphatic rings. The largest absolute Gasteiger partial charge is 0.340 e. The number of amides is 1. The van der Waals surface area contributed by atoms with Crippen LogP contribution < -0.4 is 0 Å². The zero-order valence-corrected chi connectivity index (χ0v) is 14.9. The number of hydrogen-bond donors (Lipinski definition) is 0. The van der Waals surface area contributed by atoms with Gasteiger partial charge in [-0.1, -0.05) is 18.9 Å². The van der Waals surface area contributed by atoms with Crippen LogP contribution in [0, 0.1) is 0 Å². The van der Waals surface area contributed by atoms with Gasteiger partial charge in [0.1, 0.15) is 0 Å². The topological polar surface area (TPSA) is 57.7 Å². The minimum atomic E-state index is -3.16. The van der Waals surface area contributed by atoms with Crippen molar-refractivity contribution in [2.45, 2.75) is 43.8 Å². The van der Waals surface area contributed by atoms with Crippen molar-refractivity contribution in [3.63, 3.8) is 0 Å². The van der Waals surface area contributed by atoms with E-state index in [0.29, 0.717) is 32.6 Å². The van der Waals surface area contributed by atoms with E-state index in [0.717, 1.165) is 32.1 Å². The molecule has 5 nitrogen and oxygen atoms in total.